The summed E-state index contributed by atoms with van der Waals surface area (Å²) >= 11 is 0. The Morgan fingerprint density at radius 3 is 2.24 bits per heavy atom. The molecule has 1 heterocycles. The van der Waals surface area contributed by atoms with Crippen molar-refractivity contribution in [3.63, 3.8) is 0 Å². The molecule has 13 heteroatoms. The zero-order valence-corrected chi connectivity index (χ0v) is 30.0. The Morgan fingerprint density at radius 2 is 1.65 bits per heavy atom. The summed E-state index contributed by atoms with van der Waals surface area (Å²) in [6.07, 6.45) is 9.92. The van der Waals surface area contributed by atoms with Crippen LogP contribution in [-0.2, 0) is 23.9 Å². The summed E-state index contributed by atoms with van der Waals surface area (Å²) in [5.74, 6) is -0.120. The lowest BCUT2D eigenvalue weighted by Gasteiger charge is -2.43. The number of Topliss-reactive ketones (excluding diaryl/α,β-unsaturated/α-hetero) is 1. The first-order valence-electron chi connectivity index (χ1n) is 17.6. The topological polar surface area (TPSA) is 175 Å². The van der Waals surface area contributed by atoms with Crippen LogP contribution in [0, 0.1) is 35.0 Å². The van der Waals surface area contributed by atoms with Crippen LogP contribution < -0.4 is 26.6 Å². The van der Waals surface area contributed by atoms with Crippen molar-refractivity contribution in [1.29, 1.82) is 0 Å². The van der Waals surface area contributed by atoms with Gasteiger partial charge in [-0.05, 0) is 62.2 Å². The third kappa shape index (κ3) is 9.55. The maximum absolute atomic E-state index is 14.7. The lowest BCUT2D eigenvalue weighted by Crippen LogP contribution is -2.63. The molecule has 1 aliphatic heterocycles. The van der Waals surface area contributed by atoms with Gasteiger partial charge in [0, 0.05) is 26.1 Å². The number of hydrogen-bond acceptors (Lipinski definition) is 7. The Bertz CT molecular complexity index is 1320. The summed E-state index contributed by atoms with van der Waals surface area (Å²) in [5.41, 5.74) is -0.250. The molecule has 0 spiro atoms. The number of carbonyl (C=O) groups is 6. The molecule has 0 aromatic carbocycles. The van der Waals surface area contributed by atoms with E-state index in [0.717, 1.165) is 19.3 Å². The Labute approximate surface area is 290 Å². The van der Waals surface area contributed by atoms with Gasteiger partial charge in [-0.1, -0.05) is 59.1 Å². The van der Waals surface area contributed by atoms with E-state index in [1.165, 1.54) is 0 Å². The molecule has 0 aromatic rings. The highest BCUT2D eigenvalue weighted by atomic mass is 16.5. The number of terminal acetylenes is 1. The zero-order chi connectivity index (χ0) is 36.5. The molecule has 0 aromatic heterocycles. The van der Waals surface area contributed by atoms with Gasteiger partial charge in [0.1, 0.15) is 18.7 Å². The summed E-state index contributed by atoms with van der Waals surface area (Å²) in [7, 11) is 0. The van der Waals surface area contributed by atoms with Crippen LogP contribution in [-0.4, -0.2) is 90.9 Å². The van der Waals surface area contributed by atoms with Gasteiger partial charge in [0.25, 0.3) is 5.91 Å². The Balaban J connectivity index is 1.87. The summed E-state index contributed by atoms with van der Waals surface area (Å²) in [6, 6.07) is -4.34. The van der Waals surface area contributed by atoms with E-state index in [4.69, 9.17) is 11.2 Å². The molecule has 272 valence electrons. The molecule has 2 aliphatic carbocycles. The Kier molecular flexibility index (Phi) is 13.7. The summed E-state index contributed by atoms with van der Waals surface area (Å²) in [4.78, 5) is 81.4. The van der Waals surface area contributed by atoms with E-state index in [0.29, 0.717) is 44.5 Å². The van der Waals surface area contributed by atoms with Crippen molar-refractivity contribution >= 4 is 35.6 Å². The van der Waals surface area contributed by atoms with Gasteiger partial charge < -0.3 is 36.2 Å². The lowest BCUT2D eigenvalue weighted by atomic mass is 9.70. The number of ether oxygens (including phenoxy) is 1. The molecule has 6 amide bonds. The van der Waals surface area contributed by atoms with Gasteiger partial charge in [0.2, 0.25) is 17.6 Å². The number of piperidine rings is 1. The fraction of sp³-hybridized carbons (Fsp3) is 0.722. The van der Waals surface area contributed by atoms with Crippen LogP contribution in [0.4, 0.5) is 9.59 Å². The number of carbonyl (C=O) groups excluding carboxylic acids is 6. The number of nitrogens with one attached hydrogen (secondary N) is 5. The SMILES string of the molecule is C#CCCC(NC(=O)[C@@H]1[C@@H]2[C@H](CN1C(=O)[C@@H](NC(=O)N[C@H](COC(=O)NCC)C(=C)C)C1(C)CCCCC1)C2(C)C)C(=O)C(=O)NCCC. The molecule has 0 radical (unpaired) electrons. The van der Waals surface area contributed by atoms with E-state index < -0.39 is 59.3 Å². The van der Waals surface area contributed by atoms with Crippen molar-refractivity contribution < 1.29 is 33.5 Å². The number of alkyl carbamates (subject to hydrolysis) is 1. The van der Waals surface area contributed by atoms with E-state index >= 15 is 0 Å². The second kappa shape index (κ2) is 17.0. The number of ketones is 1. The quantitative estimate of drug-likeness (QED) is 0.0944. The smallest absolute Gasteiger partial charge is 0.407 e. The number of urea groups is 1. The summed E-state index contributed by atoms with van der Waals surface area (Å²) in [5, 5.41) is 13.6. The van der Waals surface area contributed by atoms with Crippen molar-refractivity contribution in [1.82, 2.24) is 31.5 Å². The summed E-state index contributed by atoms with van der Waals surface area (Å²) in [6.45, 7) is 16.2. The van der Waals surface area contributed by atoms with E-state index in [1.807, 2.05) is 13.8 Å². The van der Waals surface area contributed by atoms with Crippen LogP contribution in [0.3, 0.4) is 0 Å². The monoisotopic (exact) mass is 684 g/mol. The van der Waals surface area contributed by atoms with E-state index in [1.54, 1.807) is 18.7 Å². The minimum Gasteiger partial charge on any atom is -0.447 e. The highest BCUT2D eigenvalue weighted by Gasteiger charge is 2.70. The van der Waals surface area contributed by atoms with E-state index in [9.17, 15) is 28.8 Å². The number of nitrogens with zero attached hydrogens (tertiary/aromatic N) is 1. The van der Waals surface area contributed by atoms with Crippen molar-refractivity contribution in [3.05, 3.63) is 12.2 Å². The molecular weight excluding hydrogens is 628 g/mol. The van der Waals surface area contributed by atoms with Crippen molar-refractivity contribution in [2.45, 2.75) is 117 Å². The molecule has 5 N–H and O–H groups in total. The average Bonchev–Trinajstić information content (AvgIpc) is 3.36. The second-order valence-corrected chi connectivity index (χ2v) is 14.6. The minimum atomic E-state index is -1.14. The molecular formula is C36H56N6O7. The number of amides is 6. The van der Waals surface area contributed by atoms with Gasteiger partial charge in [-0.2, -0.15) is 0 Å². The third-order valence-electron chi connectivity index (χ3n) is 10.5. The average molecular weight is 685 g/mol. The van der Waals surface area contributed by atoms with Crippen LogP contribution in [0.1, 0.15) is 92.9 Å². The Hall–Kier alpha value is -4.08. The highest BCUT2D eigenvalue weighted by Crippen LogP contribution is 2.65. The molecule has 13 nitrogen and oxygen atoms in total. The third-order valence-corrected chi connectivity index (χ3v) is 10.5. The molecule has 2 saturated carbocycles. The fourth-order valence-electron chi connectivity index (χ4n) is 7.39. The second-order valence-electron chi connectivity index (χ2n) is 14.6. The van der Waals surface area contributed by atoms with Crippen LogP contribution >= 0.6 is 0 Å². The van der Waals surface area contributed by atoms with Gasteiger partial charge >= 0.3 is 12.1 Å². The highest BCUT2D eigenvalue weighted by molar-refractivity contribution is 6.38. The van der Waals surface area contributed by atoms with E-state index in [-0.39, 0.29) is 42.6 Å². The number of hydrogen-bond donors (Lipinski definition) is 5. The van der Waals surface area contributed by atoms with Crippen LogP contribution in [0.25, 0.3) is 0 Å². The van der Waals surface area contributed by atoms with Crippen molar-refractivity contribution in [3.8, 4) is 12.3 Å². The maximum Gasteiger partial charge on any atom is 0.407 e. The number of fused-ring (bicyclic) bond motifs is 1. The minimum absolute atomic E-state index is 0.0489. The first kappa shape index (κ1) is 39.4. The number of likely N-dealkylation sites (tertiary alicyclic amines) is 1. The van der Waals surface area contributed by atoms with Gasteiger partial charge in [-0.15, -0.1) is 12.3 Å². The fourth-order valence-corrected chi connectivity index (χ4v) is 7.39. The van der Waals surface area contributed by atoms with Gasteiger partial charge in [-0.3, -0.25) is 19.2 Å². The molecule has 3 rings (SSSR count). The molecule has 1 unspecified atom stereocenters. The predicted molar refractivity (Wildman–Crippen MR) is 185 cm³/mol. The molecule has 0 bridgehead atoms. The summed E-state index contributed by atoms with van der Waals surface area (Å²) < 4.78 is 5.23. The predicted octanol–water partition coefficient (Wildman–Crippen LogP) is 2.79. The first-order chi connectivity index (χ1) is 23.1. The molecule has 6 atom stereocenters. The Morgan fingerprint density at radius 1 is 0.980 bits per heavy atom. The van der Waals surface area contributed by atoms with Crippen molar-refractivity contribution in [2.24, 2.45) is 22.7 Å². The zero-order valence-electron chi connectivity index (χ0n) is 30.0. The van der Waals surface area contributed by atoms with Gasteiger partial charge in [0.15, 0.2) is 0 Å². The molecule has 49 heavy (non-hydrogen) atoms. The van der Waals surface area contributed by atoms with Crippen LogP contribution in [0.15, 0.2) is 12.2 Å². The van der Waals surface area contributed by atoms with Gasteiger partial charge in [0.05, 0.1) is 12.1 Å². The lowest BCUT2D eigenvalue weighted by molar-refractivity contribution is -0.146. The normalized spacial score (nSPS) is 23.3. The van der Waals surface area contributed by atoms with Gasteiger partial charge in [-0.25, -0.2) is 9.59 Å². The molecule has 1 saturated heterocycles. The number of rotatable bonds is 16. The van der Waals surface area contributed by atoms with Crippen molar-refractivity contribution in [2.75, 3.05) is 26.2 Å². The largest absolute Gasteiger partial charge is 0.447 e. The van der Waals surface area contributed by atoms with E-state index in [2.05, 4.69) is 52.9 Å². The van der Waals surface area contributed by atoms with Crippen LogP contribution in [0.2, 0.25) is 0 Å². The van der Waals surface area contributed by atoms with Crippen LogP contribution in [0.5, 0.6) is 0 Å². The first-order valence-corrected chi connectivity index (χ1v) is 17.6. The molecule has 3 fully saturated rings. The molecule has 3 aliphatic rings. The maximum atomic E-state index is 14.7. The standard InChI is InChI=1S/C36H56N6O7/c1-9-12-16-24(28(43)31(45)38-19-10-2)39-30(44)27-26-23(35(26,6)7)20-42(27)32(46)29(36(8)17-14-13-15-18-36)41-33(47)40-25(22(4)5)21-49-34(48)37-11-3/h1,23-27,29H,4,10-21H2,2-3,5-8H3,(H,37,48)(H,38,45)(H,39,44)(H2,40,41,47)/t23-,24?,25+,26-,27-,29+/m0/s1.